The highest BCUT2D eigenvalue weighted by atomic mass is 35.5. The van der Waals surface area contributed by atoms with Crippen molar-refractivity contribution in [2.24, 2.45) is 4.99 Å². The molecule has 0 aliphatic carbocycles. The van der Waals surface area contributed by atoms with E-state index in [1.54, 1.807) is 24.4 Å². The van der Waals surface area contributed by atoms with E-state index in [0.717, 1.165) is 28.3 Å². The van der Waals surface area contributed by atoms with Gasteiger partial charge >= 0.3 is 0 Å². The van der Waals surface area contributed by atoms with E-state index in [2.05, 4.69) is 4.99 Å². The second-order valence-electron chi connectivity index (χ2n) is 6.88. The number of nitrogens with zero attached hydrogens (tertiary/aromatic N) is 1. The summed E-state index contributed by atoms with van der Waals surface area (Å²) in [5.74, 6) is 2.11. The van der Waals surface area contributed by atoms with Crippen LogP contribution in [0.15, 0.2) is 96.0 Å². The van der Waals surface area contributed by atoms with Crippen LogP contribution in [-0.2, 0) is 6.61 Å². The number of halogens is 3. The summed E-state index contributed by atoms with van der Waals surface area (Å²) in [5, 5.41) is 1.63. The van der Waals surface area contributed by atoms with Crippen molar-refractivity contribution in [2.45, 2.75) is 6.61 Å². The van der Waals surface area contributed by atoms with Gasteiger partial charge in [0.1, 0.15) is 23.9 Å². The van der Waals surface area contributed by atoms with Gasteiger partial charge in [0.15, 0.2) is 0 Å². The summed E-state index contributed by atoms with van der Waals surface area (Å²) in [6.07, 6.45) is 1.75. The fourth-order valence-electron chi connectivity index (χ4n) is 2.88. The van der Waals surface area contributed by atoms with Crippen molar-refractivity contribution in [3.63, 3.8) is 0 Å². The van der Waals surface area contributed by atoms with Crippen LogP contribution in [0.2, 0.25) is 15.1 Å². The molecule has 4 rings (SSSR count). The summed E-state index contributed by atoms with van der Waals surface area (Å²) in [6, 6.07) is 28.0. The quantitative estimate of drug-likeness (QED) is 0.246. The molecule has 0 atom stereocenters. The van der Waals surface area contributed by atoms with Gasteiger partial charge in [0.25, 0.3) is 0 Å². The summed E-state index contributed by atoms with van der Waals surface area (Å²) in [5.41, 5.74) is 2.49. The van der Waals surface area contributed by atoms with Crippen LogP contribution in [-0.4, -0.2) is 6.21 Å². The Morgan fingerprint density at radius 2 is 1.47 bits per heavy atom. The molecular formula is C26H18Cl3NO2. The molecule has 4 aromatic carbocycles. The molecule has 0 aliphatic heterocycles. The molecule has 0 heterocycles. The third kappa shape index (κ3) is 6.04. The Morgan fingerprint density at radius 1 is 0.719 bits per heavy atom. The highest BCUT2D eigenvalue weighted by molar-refractivity contribution is 6.35. The van der Waals surface area contributed by atoms with Crippen molar-refractivity contribution in [1.82, 2.24) is 0 Å². The number of aliphatic imine (C=N–C) groups is 1. The van der Waals surface area contributed by atoms with Crippen LogP contribution in [0, 0.1) is 0 Å². The number of hydrogen-bond acceptors (Lipinski definition) is 3. The molecule has 0 aliphatic rings. The van der Waals surface area contributed by atoms with Gasteiger partial charge in [-0.15, -0.1) is 0 Å². The number of para-hydroxylation sites is 1. The first-order valence-corrected chi connectivity index (χ1v) is 10.9. The van der Waals surface area contributed by atoms with Crippen LogP contribution in [0.3, 0.4) is 0 Å². The van der Waals surface area contributed by atoms with Crippen LogP contribution in [0.25, 0.3) is 0 Å². The van der Waals surface area contributed by atoms with E-state index in [9.17, 15) is 0 Å². The monoisotopic (exact) mass is 481 g/mol. The lowest BCUT2D eigenvalue weighted by Crippen LogP contribution is -1.97. The second-order valence-corrected chi connectivity index (χ2v) is 8.13. The highest BCUT2D eigenvalue weighted by Gasteiger charge is 2.06. The Kier molecular flexibility index (Phi) is 7.33. The Morgan fingerprint density at radius 3 is 2.19 bits per heavy atom. The summed E-state index contributed by atoms with van der Waals surface area (Å²) < 4.78 is 11.6. The normalized spacial score (nSPS) is 11.0. The molecule has 160 valence electrons. The molecule has 0 bridgehead atoms. The lowest BCUT2D eigenvalue weighted by atomic mass is 10.2. The molecule has 0 saturated heterocycles. The van der Waals surface area contributed by atoms with E-state index in [4.69, 9.17) is 44.3 Å². The summed E-state index contributed by atoms with van der Waals surface area (Å²) in [4.78, 5) is 4.50. The lowest BCUT2D eigenvalue weighted by Gasteiger charge is -2.10. The molecule has 0 amide bonds. The van der Waals surface area contributed by atoms with E-state index in [1.807, 2.05) is 72.8 Å². The van der Waals surface area contributed by atoms with E-state index in [-0.39, 0.29) is 0 Å². The molecular weight excluding hydrogens is 465 g/mol. The smallest absolute Gasteiger partial charge is 0.138 e. The Hall–Kier alpha value is -2.98. The molecule has 32 heavy (non-hydrogen) atoms. The molecule has 0 unspecified atom stereocenters. The molecule has 0 aromatic heterocycles. The first-order valence-electron chi connectivity index (χ1n) is 9.80. The molecule has 0 N–H and O–H groups in total. The van der Waals surface area contributed by atoms with Crippen LogP contribution < -0.4 is 9.47 Å². The fraction of sp³-hybridized carbons (Fsp3) is 0.0385. The molecule has 3 nitrogen and oxygen atoms in total. The minimum atomic E-state index is 0.292. The Bertz CT molecular complexity index is 1230. The summed E-state index contributed by atoms with van der Waals surface area (Å²) in [7, 11) is 0. The van der Waals surface area contributed by atoms with Crippen LogP contribution in [0.4, 0.5) is 5.69 Å². The van der Waals surface area contributed by atoms with E-state index in [1.165, 1.54) is 0 Å². The van der Waals surface area contributed by atoms with Gasteiger partial charge < -0.3 is 9.47 Å². The standard InChI is InChI=1S/C26H18Cl3NO2/c27-20-8-7-19(24(28)15-20)17-31-26-13-6-18(14-25(26)29)16-30-21-9-11-23(12-10-21)32-22-4-2-1-3-5-22/h1-16H,17H2. The maximum Gasteiger partial charge on any atom is 0.138 e. The van der Waals surface area contributed by atoms with E-state index < -0.39 is 0 Å². The number of benzene rings is 4. The highest BCUT2D eigenvalue weighted by Crippen LogP contribution is 2.28. The molecule has 0 radical (unpaired) electrons. The third-order valence-electron chi connectivity index (χ3n) is 4.53. The number of hydrogen-bond donors (Lipinski definition) is 0. The van der Waals surface area contributed by atoms with Gasteiger partial charge in [-0.2, -0.15) is 0 Å². The van der Waals surface area contributed by atoms with Gasteiger partial charge in [0.05, 0.1) is 10.7 Å². The topological polar surface area (TPSA) is 30.8 Å². The van der Waals surface area contributed by atoms with Crippen molar-refractivity contribution in [3.05, 3.63) is 117 Å². The molecule has 6 heteroatoms. The average molecular weight is 483 g/mol. The lowest BCUT2D eigenvalue weighted by molar-refractivity contribution is 0.306. The summed E-state index contributed by atoms with van der Waals surface area (Å²) in [6.45, 7) is 0.292. The van der Waals surface area contributed by atoms with Gasteiger partial charge in [-0.3, -0.25) is 4.99 Å². The maximum absolute atomic E-state index is 6.38. The fourth-order valence-corrected chi connectivity index (χ4v) is 3.59. The van der Waals surface area contributed by atoms with Gasteiger partial charge in [-0.1, -0.05) is 59.1 Å². The van der Waals surface area contributed by atoms with Gasteiger partial charge in [0.2, 0.25) is 0 Å². The van der Waals surface area contributed by atoms with Gasteiger partial charge in [0, 0.05) is 21.8 Å². The molecule has 0 spiro atoms. The van der Waals surface area contributed by atoms with Gasteiger partial charge in [-0.25, -0.2) is 0 Å². The zero-order chi connectivity index (χ0) is 22.3. The Balaban J connectivity index is 1.37. The van der Waals surface area contributed by atoms with E-state index in [0.29, 0.717) is 27.4 Å². The first kappa shape index (κ1) is 22.2. The zero-order valence-electron chi connectivity index (χ0n) is 16.8. The molecule has 0 saturated carbocycles. The van der Waals surface area contributed by atoms with Crippen molar-refractivity contribution < 1.29 is 9.47 Å². The predicted octanol–water partition coefficient (Wildman–Crippen LogP) is 8.77. The maximum atomic E-state index is 6.38. The second kappa shape index (κ2) is 10.6. The third-order valence-corrected chi connectivity index (χ3v) is 5.41. The SMILES string of the molecule is Clc1ccc(COc2ccc(C=Nc3ccc(Oc4ccccc4)cc3)cc2Cl)c(Cl)c1. The Labute approximate surface area is 201 Å². The zero-order valence-corrected chi connectivity index (χ0v) is 19.1. The van der Waals surface area contributed by atoms with Crippen molar-refractivity contribution in [2.75, 3.05) is 0 Å². The van der Waals surface area contributed by atoms with Crippen LogP contribution in [0.5, 0.6) is 17.2 Å². The largest absolute Gasteiger partial charge is 0.487 e. The number of ether oxygens (including phenoxy) is 2. The minimum absolute atomic E-state index is 0.292. The van der Waals surface area contributed by atoms with Crippen molar-refractivity contribution >= 4 is 46.7 Å². The van der Waals surface area contributed by atoms with Crippen LogP contribution >= 0.6 is 34.8 Å². The van der Waals surface area contributed by atoms with Crippen LogP contribution in [0.1, 0.15) is 11.1 Å². The van der Waals surface area contributed by atoms with Crippen molar-refractivity contribution in [3.8, 4) is 17.2 Å². The molecule has 4 aromatic rings. The average Bonchev–Trinajstić information content (AvgIpc) is 2.80. The van der Waals surface area contributed by atoms with E-state index >= 15 is 0 Å². The predicted molar refractivity (Wildman–Crippen MR) is 132 cm³/mol. The minimum Gasteiger partial charge on any atom is -0.487 e. The van der Waals surface area contributed by atoms with Crippen molar-refractivity contribution in [1.29, 1.82) is 0 Å². The number of rotatable bonds is 7. The summed E-state index contributed by atoms with van der Waals surface area (Å²) >= 11 is 18.5. The molecule has 0 fully saturated rings. The first-order chi connectivity index (χ1) is 15.6. The van der Waals surface area contributed by atoms with Gasteiger partial charge in [-0.05, 0) is 72.3 Å².